The first-order chi connectivity index (χ1) is 8.16. The Labute approximate surface area is 109 Å². The molecule has 3 nitrogen and oxygen atoms in total. The van der Waals surface area contributed by atoms with Gasteiger partial charge in [-0.25, -0.2) is 9.97 Å². The smallest absolute Gasteiger partial charge is 0.115 e. The van der Waals surface area contributed by atoms with E-state index in [1.165, 1.54) is 16.8 Å². The van der Waals surface area contributed by atoms with Crippen molar-refractivity contribution in [3.8, 4) is 0 Å². The van der Waals surface area contributed by atoms with E-state index in [0.717, 1.165) is 10.2 Å². The standard InChI is InChI=1S/C13H14BrN3/c1-9-5-11(14)6-10(2)13(9)16-7-12-3-4-15-8-17-12/h3-6,8,16H,7H2,1-2H3. The van der Waals surface area contributed by atoms with Crippen LogP contribution < -0.4 is 5.32 Å². The van der Waals surface area contributed by atoms with Gasteiger partial charge in [0.05, 0.1) is 12.2 Å². The molecule has 4 heteroatoms. The summed E-state index contributed by atoms with van der Waals surface area (Å²) in [5.74, 6) is 0. The lowest BCUT2D eigenvalue weighted by Gasteiger charge is -2.12. The third-order valence-corrected chi connectivity index (χ3v) is 3.04. The van der Waals surface area contributed by atoms with Crippen molar-refractivity contribution in [1.29, 1.82) is 0 Å². The Bertz CT molecular complexity index is 488. The Morgan fingerprint density at radius 1 is 1.24 bits per heavy atom. The largest absolute Gasteiger partial charge is 0.379 e. The molecule has 0 spiro atoms. The maximum Gasteiger partial charge on any atom is 0.115 e. The molecule has 0 amide bonds. The highest BCUT2D eigenvalue weighted by Gasteiger charge is 2.04. The summed E-state index contributed by atoms with van der Waals surface area (Å²) in [6.45, 7) is 4.91. The number of rotatable bonds is 3. The zero-order valence-corrected chi connectivity index (χ0v) is 11.5. The molecule has 1 heterocycles. The van der Waals surface area contributed by atoms with Gasteiger partial charge in [0.2, 0.25) is 0 Å². The Balaban J connectivity index is 2.15. The van der Waals surface area contributed by atoms with Crippen molar-refractivity contribution in [3.63, 3.8) is 0 Å². The number of benzene rings is 1. The quantitative estimate of drug-likeness (QED) is 0.941. The van der Waals surface area contributed by atoms with E-state index < -0.39 is 0 Å². The van der Waals surface area contributed by atoms with Gasteiger partial charge in [-0.15, -0.1) is 0 Å². The van der Waals surface area contributed by atoms with Crippen LogP contribution in [0.5, 0.6) is 0 Å². The summed E-state index contributed by atoms with van der Waals surface area (Å²) >= 11 is 3.49. The second-order valence-electron chi connectivity index (χ2n) is 3.97. The average Bonchev–Trinajstić information content (AvgIpc) is 2.29. The Kier molecular flexibility index (Phi) is 3.74. The zero-order valence-electron chi connectivity index (χ0n) is 9.87. The summed E-state index contributed by atoms with van der Waals surface area (Å²) < 4.78 is 1.11. The van der Waals surface area contributed by atoms with Crippen LogP contribution in [0.1, 0.15) is 16.8 Å². The zero-order chi connectivity index (χ0) is 12.3. The first-order valence-electron chi connectivity index (χ1n) is 5.42. The summed E-state index contributed by atoms with van der Waals surface area (Å²) in [6, 6.07) is 6.13. The Hall–Kier alpha value is -1.42. The minimum absolute atomic E-state index is 0.714. The lowest BCUT2D eigenvalue weighted by Crippen LogP contribution is -2.04. The molecule has 0 bridgehead atoms. The molecule has 0 saturated heterocycles. The molecule has 17 heavy (non-hydrogen) atoms. The number of hydrogen-bond donors (Lipinski definition) is 1. The van der Waals surface area contributed by atoms with Gasteiger partial charge in [0, 0.05) is 16.4 Å². The summed E-state index contributed by atoms with van der Waals surface area (Å²) in [7, 11) is 0. The molecule has 0 saturated carbocycles. The SMILES string of the molecule is Cc1cc(Br)cc(C)c1NCc1ccncn1. The van der Waals surface area contributed by atoms with Crippen LogP contribution in [0.25, 0.3) is 0 Å². The fraction of sp³-hybridized carbons (Fsp3) is 0.231. The summed E-state index contributed by atoms with van der Waals surface area (Å²) in [5.41, 5.74) is 4.62. The Morgan fingerprint density at radius 3 is 2.53 bits per heavy atom. The highest BCUT2D eigenvalue weighted by Crippen LogP contribution is 2.25. The van der Waals surface area contributed by atoms with Crippen LogP contribution in [0.4, 0.5) is 5.69 Å². The van der Waals surface area contributed by atoms with E-state index in [9.17, 15) is 0 Å². The third-order valence-electron chi connectivity index (χ3n) is 2.59. The molecule has 1 N–H and O–H groups in total. The number of aryl methyl sites for hydroxylation is 2. The normalized spacial score (nSPS) is 10.3. The van der Waals surface area contributed by atoms with Gasteiger partial charge in [0.25, 0.3) is 0 Å². The van der Waals surface area contributed by atoms with Gasteiger partial charge in [0.1, 0.15) is 6.33 Å². The van der Waals surface area contributed by atoms with E-state index in [4.69, 9.17) is 0 Å². The highest BCUT2D eigenvalue weighted by molar-refractivity contribution is 9.10. The van der Waals surface area contributed by atoms with E-state index >= 15 is 0 Å². The molecule has 88 valence electrons. The van der Waals surface area contributed by atoms with E-state index in [-0.39, 0.29) is 0 Å². The molecule has 0 fully saturated rings. The van der Waals surface area contributed by atoms with Gasteiger partial charge in [-0.1, -0.05) is 15.9 Å². The van der Waals surface area contributed by atoms with Gasteiger partial charge < -0.3 is 5.32 Å². The maximum atomic E-state index is 4.19. The fourth-order valence-corrected chi connectivity index (χ4v) is 2.48. The van der Waals surface area contributed by atoms with Gasteiger partial charge in [-0.3, -0.25) is 0 Å². The highest BCUT2D eigenvalue weighted by atomic mass is 79.9. The number of nitrogens with one attached hydrogen (secondary N) is 1. The number of aromatic nitrogens is 2. The van der Waals surface area contributed by atoms with Gasteiger partial charge in [0.15, 0.2) is 0 Å². The van der Waals surface area contributed by atoms with E-state index in [1.54, 1.807) is 12.5 Å². The molecule has 2 aromatic rings. The van der Waals surface area contributed by atoms with Gasteiger partial charge >= 0.3 is 0 Å². The monoisotopic (exact) mass is 291 g/mol. The maximum absolute atomic E-state index is 4.19. The average molecular weight is 292 g/mol. The third kappa shape index (κ3) is 3.03. The molecule has 0 aliphatic heterocycles. The molecule has 1 aromatic heterocycles. The molecule has 0 aliphatic carbocycles. The second-order valence-corrected chi connectivity index (χ2v) is 4.88. The predicted octanol–water partition coefficient (Wildman–Crippen LogP) is 3.47. The predicted molar refractivity (Wildman–Crippen MR) is 73.0 cm³/mol. The minimum Gasteiger partial charge on any atom is -0.379 e. The summed E-state index contributed by atoms with van der Waals surface area (Å²) in [4.78, 5) is 8.09. The molecule has 0 radical (unpaired) electrons. The topological polar surface area (TPSA) is 37.8 Å². The van der Waals surface area contributed by atoms with Crippen LogP contribution in [0.2, 0.25) is 0 Å². The molecule has 0 unspecified atom stereocenters. The molecule has 0 aliphatic rings. The summed E-state index contributed by atoms with van der Waals surface area (Å²) in [5, 5.41) is 3.41. The van der Waals surface area contributed by atoms with Crippen molar-refractivity contribution < 1.29 is 0 Å². The lowest BCUT2D eigenvalue weighted by molar-refractivity contribution is 1.00. The molecular weight excluding hydrogens is 278 g/mol. The van der Waals surface area contributed by atoms with Crippen molar-refractivity contribution in [2.75, 3.05) is 5.32 Å². The van der Waals surface area contributed by atoms with E-state index in [2.05, 4.69) is 57.2 Å². The molecule has 1 aromatic carbocycles. The first kappa shape index (κ1) is 12.0. The molecule has 0 atom stereocenters. The number of anilines is 1. The first-order valence-corrected chi connectivity index (χ1v) is 6.21. The van der Waals surface area contributed by atoms with Crippen molar-refractivity contribution in [2.24, 2.45) is 0 Å². The van der Waals surface area contributed by atoms with Gasteiger partial charge in [-0.2, -0.15) is 0 Å². The van der Waals surface area contributed by atoms with Crippen LogP contribution in [-0.2, 0) is 6.54 Å². The van der Waals surface area contributed by atoms with Crippen molar-refractivity contribution in [2.45, 2.75) is 20.4 Å². The Morgan fingerprint density at radius 2 is 1.94 bits per heavy atom. The van der Waals surface area contributed by atoms with Gasteiger partial charge in [-0.05, 0) is 43.2 Å². The van der Waals surface area contributed by atoms with Crippen molar-refractivity contribution in [1.82, 2.24) is 9.97 Å². The van der Waals surface area contributed by atoms with Crippen LogP contribution >= 0.6 is 15.9 Å². The van der Waals surface area contributed by atoms with Crippen molar-refractivity contribution in [3.05, 3.63) is 52.0 Å². The van der Waals surface area contributed by atoms with Crippen molar-refractivity contribution >= 4 is 21.6 Å². The van der Waals surface area contributed by atoms with E-state index in [0.29, 0.717) is 6.54 Å². The van der Waals surface area contributed by atoms with E-state index in [1.807, 2.05) is 6.07 Å². The summed E-state index contributed by atoms with van der Waals surface area (Å²) in [6.07, 6.45) is 3.32. The number of nitrogens with zero attached hydrogens (tertiary/aromatic N) is 2. The minimum atomic E-state index is 0.714. The molecular formula is C13H14BrN3. The van der Waals surface area contributed by atoms with Crippen LogP contribution in [-0.4, -0.2) is 9.97 Å². The number of halogens is 1. The van der Waals surface area contributed by atoms with Crippen LogP contribution in [0.15, 0.2) is 35.2 Å². The molecule has 2 rings (SSSR count). The number of hydrogen-bond acceptors (Lipinski definition) is 3. The second kappa shape index (κ2) is 5.27. The van der Waals surface area contributed by atoms with Crippen LogP contribution in [0.3, 0.4) is 0 Å². The van der Waals surface area contributed by atoms with Crippen LogP contribution in [0, 0.1) is 13.8 Å². The fourth-order valence-electron chi connectivity index (χ4n) is 1.79. The lowest BCUT2D eigenvalue weighted by atomic mass is 10.1.